The van der Waals surface area contributed by atoms with Gasteiger partial charge in [-0.3, -0.25) is 0 Å². The van der Waals surface area contributed by atoms with Gasteiger partial charge in [-0.15, -0.1) is 0 Å². The highest BCUT2D eigenvalue weighted by atomic mass is 16.5. The van der Waals surface area contributed by atoms with Crippen LogP contribution in [0.1, 0.15) is 30.7 Å². The van der Waals surface area contributed by atoms with Crippen molar-refractivity contribution in [3.63, 3.8) is 0 Å². The maximum Gasteiger partial charge on any atom is 0.122 e. The van der Waals surface area contributed by atoms with E-state index in [0.717, 1.165) is 38.5 Å². The van der Waals surface area contributed by atoms with E-state index in [0.29, 0.717) is 5.92 Å². The van der Waals surface area contributed by atoms with Crippen LogP contribution in [0, 0.1) is 0 Å². The minimum Gasteiger partial charge on any atom is -0.493 e. The highest BCUT2D eigenvalue weighted by Gasteiger charge is 2.22. The molecule has 0 spiro atoms. The maximum absolute atomic E-state index is 5.66. The SMILES string of the molecule is COCCCCCNCC1COc2ccccc21. The zero-order valence-corrected chi connectivity index (χ0v) is 11.2. The summed E-state index contributed by atoms with van der Waals surface area (Å²) < 4.78 is 10.7. The summed E-state index contributed by atoms with van der Waals surface area (Å²) in [6.45, 7) is 3.80. The average molecular weight is 249 g/mol. The van der Waals surface area contributed by atoms with Gasteiger partial charge < -0.3 is 14.8 Å². The molecule has 1 aromatic rings. The van der Waals surface area contributed by atoms with Crippen molar-refractivity contribution in [2.45, 2.75) is 25.2 Å². The van der Waals surface area contributed by atoms with Crippen LogP contribution in [0.15, 0.2) is 24.3 Å². The highest BCUT2D eigenvalue weighted by Crippen LogP contribution is 2.32. The predicted octanol–water partition coefficient (Wildman–Crippen LogP) is 2.57. The van der Waals surface area contributed by atoms with Crippen LogP contribution in [0.5, 0.6) is 5.75 Å². The molecule has 1 aliphatic heterocycles. The molecule has 0 saturated carbocycles. The third kappa shape index (κ3) is 3.72. The van der Waals surface area contributed by atoms with Crippen molar-refractivity contribution >= 4 is 0 Å². The molecule has 1 aliphatic rings. The number of unbranched alkanes of at least 4 members (excludes halogenated alkanes) is 2. The Morgan fingerprint density at radius 3 is 3.06 bits per heavy atom. The standard InChI is InChI=1S/C15H23NO2/c1-17-10-6-2-5-9-16-11-13-12-18-15-8-4-3-7-14(13)15/h3-4,7-8,13,16H,2,5-6,9-12H2,1H3. The Labute approximate surface area is 109 Å². The smallest absolute Gasteiger partial charge is 0.122 e. The molecule has 1 heterocycles. The molecule has 1 N–H and O–H groups in total. The van der Waals surface area contributed by atoms with Crippen molar-refractivity contribution < 1.29 is 9.47 Å². The van der Waals surface area contributed by atoms with Gasteiger partial charge in [0.15, 0.2) is 0 Å². The van der Waals surface area contributed by atoms with E-state index in [9.17, 15) is 0 Å². The summed E-state index contributed by atoms with van der Waals surface area (Å²) in [6.07, 6.45) is 3.62. The van der Waals surface area contributed by atoms with E-state index in [-0.39, 0.29) is 0 Å². The molecule has 2 rings (SSSR count). The molecule has 18 heavy (non-hydrogen) atoms. The van der Waals surface area contributed by atoms with Crippen molar-refractivity contribution in [1.82, 2.24) is 5.32 Å². The second-order valence-corrected chi connectivity index (χ2v) is 4.80. The third-order valence-corrected chi connectivity index (χ3v) is 3.39. The summed E-state index contributed by atoms with van der Waals surface area (Å²) in [6, 6.07) is 8.35. The number of benzene rings is 1. The fourth-order valence-corrected chi connectivity index (χ4v) is 2.35. The van der Waals surface area contributed by atoms with Crippen molar-refractivity contribution in [3.05, 3.63) is 29.8 Å². The van der Waals surface area contributed by atoms with E-state index in [4.69, 9.17) is 9.47 Å². The van der Waals surface area contributed by atoms with Crippen LogP contribution >= 0.6 is 0 Å². The quantitative estimate of drug-likeness (QED) is 0.718. The zero-order valence-electron chi connectivity index (χ0n) is 11.2. The molecule has 100 valence electrons. The molecule has 0 bridgehead atoms. The number of methoxy groups -OCH3 is 1. The number of ether oxygens (including phenoxy) is 2. The number of para-hydroxylation sites is 1. The van der Waals surface area contributed by atoms with Gasteiger partial charge in [-0.25, -0.2) is 0 Å². The van der Waals surface area contributed by atoms with Crippen LogP contribution in [-0.2, 0) is 4.74 Å². The van der Waals surface area contributed by atoms with Gasteiger partial charge in [-0.05, 0) is 31.9 Å². The van der Waals surface area contributed by atoms with Gasteiger partial charge in [0, 0.05) is 31.7 Å². The van der Waals surface area contributed by atoms with E-state index in [1.54, 1.807) is 7.11 Å². The van der Waals surface area contributed by atoms with Gasteiger partial charge in [-0.1, -0.05) is 18.2 Å². The van der Waals surface area contributed by atoms with Crippen molar-refractivity contribution in [2.75, 3.05) is 33.4 Å². The van der Waals surface area contributed by atoms with Crippen LogP contribution < -0.4 is 10.1 Å². The minimum absolute atomic E-state index is 0.514. The van der Waals surface area contributed by atoms with Crippen molar-refractivity contribution in [2.24, 2.45) is 0 Å². The van der Waals surface area contributed by atoms with E-state index in [2.05, 4.69) is 23.5 Å². The first kappa shape index (κ1) is 13.4. The Kier molecular flexibility index (Phi) is 5.49. The first-order chi connectivity index (χ1) is 8.92. The number of nitrogens with one attached hydrogen (secondary N) is 1. The molecule has 1 aromatic carbocycles. The lowest BCUT2D eigenvalue weighted by Crippen LogP contribution is -2.23. The molecule has 0 aliphatic carbocycles. The fourth-order valence-electron chi connectivity index (χ4n) is 2.35. The molecule has 0 fully saturated rings. The number of hydrogen-bond acceptors (Lipinski definition) is 3. The van der Waals surface area contributed by atoms with E-state index in [1.807, 2.05) is 6.07 Å². The molecule has 0 saturated heterocycles. The average Bonchev–Trinajstić information content (AvgIpc) is 2.81. The fraction of sp³-hybridized carbons (Fsp3) is 0.600. The van der Waals surface area contributed by atoms with Crippen LogP contribution in [0.2, 0.25) is 0 Å². The molecular weight excluding hydrogens is 226 g/mol. The normalized spacial score (nSPS) is 17.5. The van der Waals surface area contributed by atoms with Gasteiger partial charge in [0.2, 0.25) is 0 Å². The van der Waals surface area contributed by atoms with E-state index in [1.165, 1.54) is 18.4 Å². The molecule has 3 nitrogen and oxygen atoms in total. The molecule has 0 radical (unpaired) electrons. The lowest BCUT2D eigenvalue weighted by molar-refractivity contribution is 0.192. The predicted molar refractivity (Wildman–Crippen MR) is 73.3 cm³/mol. The monoisotopic (exact) mass is 249 g/mol. The molecular formula is C15H23NO2. The van der Waals surface area contributed by atoms with Gasteiger partial charge in [0.1, 0.15) is 5.75 Å². The molecule has 0 aromatic heterocycles. The topological polar surface area (TPSA) is 30.5 Å². The van der Waals surface area contributed by atoms with Gasteiger partial charge >= 0.3 is 0 Å². The second kappa shape index (κ2) is 7.39. The van der Waals surface area contributed by atoms with Crippen LogP contribution in [0.3, 0.4) is 0 Å². The summed E-state index contributed by atoms with van der Waals surface area (Å²) in [5.41, 5.74) is 1.35. The Morgan fingerprint density at radius 2 is 2.17 bits per heavy atom. The van der Waals surface area contributed by atoms with E-state index < -0.39 is 0 Å². The molecule has 0 amide bonds. The minimum atomic E-state index is 0.514. The summed E-state index contributed by atoms with van der Waals surface area (Å²) >= 11 is 0. The maximum atomic E-state index is 5.66. The highest BCUT2D eigenvalue weighted by molar-refractivity contribution is 5.39. The van der Waals surface area contributed by atoms with E-state index >= 15 is 0 Å². The van der Waals surface area contributed by atoms with Crippen molar-refractivity contribution in [3.8, 4) is 5.75 Å². The van der Waals surface area contributed by atoms with Crippen LogP contribution in [-0.4, -0.2) is 33.4 Å². The summed E-state index contributed by atoms with van der Waals surface area (Å²) in [5.74, 6) is 1.57. The molecule has 1 unspecified atom stereocenters. The summed E-state index contributed by atoms with van der Waals surface area (Å²) in [5, 5.41) is 3.52. The lowest BCUT2D eigenvalue weighted by Gasteiger charge is -2.10. The number of fused-ring (bicyclic) bond motifs is 1. The van der Waals surface area contributed by atoms with Gasteiger partial charge in [0.05, 0.1) is 6.61 Å². The largest absolute Gasteiger partial charge is 0.493 e. The molecule has 1 atom stereocenters. The Balaban J connectivity index is 1.61. The first-order valence-electron chi connectivity index (χ1n) is 6.83. The first-order valence-corrected chi connectivity index (χ1v) is 6.83. The summed E-state index contributed by atoms with van der Waals surface area (Å²) in [7, 11) is 1.76. The Hall–Kier alpha value is -1.06. The lowest BCUT2D eigenvalue weighted by atomic mass is 10.0. The van der Waals surface area contributed by atoms with Gasteiger partial charge in [0.25, 0.3) is 0 Å². The molecule has 3 heteroatoms. The Bertz CT molecular complexity index is 354. The third-order valence-electron chi connectivity index (χ3n) is 3.39. The second-order valence-electron chi connectivity index (χ2n) is 4.80. The zero-order chi connectivity index (χ0) is 12.6. The Morgan fingerprint density at radius 1 is 1.28 bits per heavy atom. The summed E-state index contributed by atoms with van der Waals surface area (Å²) in [4.78, 5) is 0. The van der Waals surface area contributed by atoms with Crippen molar-refractivity contribution in [1.29, 1.82) is 0 Å². The van der Waals surface area contributed by atoms with Crippen LogP contribution in [0.25, 0.3) is 0 Å². The number of hydrogen-bond donors (Lipinski definition) is 1. The number of rotatable bonds is 8. The van der Waals surface area contributed by atoms with Gasteiger partial charge in [-0.2, -0.15) is 0 Å². The van der Waals surface area contributed by atoms with Crippen LogP contribution in [0.4, 0.5) is 0 Å².